The van der Waals surface area contributed by atoms with E-state index in [0.717, 1.165) is 0 Å². The van der Waals surface area contributed by atoms with Gasteiger partial charge in [-0.2, -0.15) is 0 Å². The Morgan fingerprint density at radius 2 is 2.11 bits per heavy atom. The van der Waals surface area contributed by atoms with Gasteiger partial charge in [0.05, 0.1) is 18.8 Å². The summed E-state index contributed by atoms with van der Waals surface area (Å²) >= 11 is 0. The molecule has 0 saturated carbocycles. The summed E-state index contributed by atoms with van der Waals surface area (Å²) in [6, 6.07) is 9.53. The number of rotatable bonds is 6. The average Bonchev–Trinajstić information content (AvgIpc) is 2.61. The van der Waals surface area contributed by atoms with Gasteiger partial charge in [0, 0.05) is 12.1 Å². The summed E-state index contributed by atoms with van der Waals surface area (Å²) in [6.07, 6.45) is -1.40. The van der Waals surface area contributed by atoms with Gasteiger partial charge < -0.3 is 24.2 Å². The summed E-state index contributed by atoms with van der Waals surface area (Å²) in [7, 11) is 0. The molecule has 2 aromatic carbocycles. The van der Waals surface area contributed by atoms with Gasteiger partial charge in [0.2, 0.25) is 0 Å². The lowest BCUT2D eigenvalue weighted by molar-refractivity contribution is 0.142. The maximum absolute atomic E-state index is 13.8. The van der Waals surface area contributed by atoms with Crippen LogP contribution in [0.15, 0.2) is 36.4 Å². The molecule has 0 saturated heterocycles. The van der Waals surface area contributed by atoms with Crippen molar-refractivity contribution in [3.63, 3.8) is 0 Å². The van der Waals surface area contributed by atoms with Crippen LogP contribution in [0, 0.1) is 11.7 Å². The van der Waals surface area contributed by atoms with Crippen molar-refractivity contribution in [2.45, 2.75) is 20.4 Å². The standard InChI is InChI=1S/C20H22FNO5/c1-13(2)12-26-17-7-6-15(21)10-14(17)11-22-8-9-25-19-16(22)4-3-5-18(19)27-20(23)24/h3-7,10,13H,8-9,11-12H2,1-2H3,(H,23,24). The molecule has 1 N–H and O–H groups in total. The van der Waals surface area contributed by atoms with Crippen LogP contribution in [0.5, 0.6) is 17.2 Å². The first kappa shape index (κ1) is 18.8. The van der Waals surface area contributed by atoms with Crippen LogP contribution < -0.4 is 19.1 Å². The fraction of sp³-hybridized carbons (Fsp3) is 0.350. The van der Waals surface area contributed by atoms with Crippen LogP contribution in [0.2, 0.25) is 0 Å². The zero-order chi connectivity index (χ0) is 19.4. The molecular formula is C20H22FNO5. The van der Waals surface area contributed by atoms with Crippen LogP contribution in [0.25, 0.3) is 0 Å². The van der Waals surface area contributed by atoms with E-state index in [1.54, 1.807) is 12.1 Å². The molecule has 3 rings (SSSR count). The molecule has 1 aliphatic heterocycles. The molecular weight excluding hydrogens is 353 g/mol. The van der Waals surface area contributed by atoms with Crippen LogP contribution in [-0.4, -0.2) is 31.0 Å². The molecule has 1 heterocycles. The minimum Gasteiger partial charge on any atom is -0.493 e. The second-order valence-electron chi connectivity index (χ2n) is 6.70. The van der Waals surface area contributed by atoms with E-state index in [9.17, 15) is 9.18 Å². The van der Waals surface area contributed by atoms with Gasteiger partial charge in [-0.3, -0.25) is 0 Å². The van der Waals surface area contributed by atoms with Crippen molar-refractivity contribution in [2.75, 3.05) is 24.7 Å². The molecule has 144 valence electrons. The highest BCUT2D eigenvalue weighted by Crippen LogP contribution is 2.41. The van der Waals surface area contributed by atoms with Gasteiger partial charge in [-0.15, -0.1) is 0 Å². The van der Waals surface area contributed by atoms with Gasteiger partial charge in [-0.05, 0) is 36.2 Å². The molecule has 0 spiro atoms. The van der Waals surface area contributed by atoms with Crippen LogP contribution in [0.4, 0.5) is 14.9 Å². The quantitative estimate of drug-likeness (QED) is 0.599. The lowest BCUT2D eigenvalue weighted by Crippen LogP contribution is -2.32. The van der Waals surface area contributed by atoms with Gasteiger partial charge in [0.15, 0.2) is 11.5 Å². The number of carboxylic acid groups (broad SMARTS) is 1. The summed E-state index contributed by atoms with van der Waals surface area (Å²) in [5.41, 5.74) is 1.41. The molecule has 0 bridgehead atoms. The number of halogens is 1. The fourth-order valence-electron chi connectivity index (χ4n) is 2.89. The molecule has 0 amide bonds. The summed E-state index contributed by atoms with van der Waals surface area (Å²) in [5.74, 6) is 1.16. The Kier molecular flexibility index (Phi) is 5.69. The van der Waals surface area contributed by atoms with E-state index in [1.807, 2.05) is 24.8 Å². The molecule has 0 unspecified atom stereocenters. The van der Waals surface area contributed by atoms with Crippen LogP contribution in [0.3, 0.4) is 0 Å². The summed E-state index contributed by atoms with van der Waals surface area (Å²) < 4.78 is 30.1. The number of para-hydroxylation sites is 1. The van der Waals surface area contributed by atoms with E-state index in [-0.39, 0.29) is 11.6 Å². The number of ether oxygens (including phenoxy) is 3. The lowest BCUT2D eigenvalue weighted by Gasteiger charge is -2.32. The topological polar surface area (TPSA) is 68.2 Å². The van der Waals surface area contributed by atoms with Crippen LogP contribution >= 0.6 is 0 Å². The molecule has 0 aromatic heterocycles. The Morgan fingerprint density at radius 3 is 2.85 bits per heavy atom. The molecule has 7 heteroatoms. The van der Waals surface area contributed by atoms with Gasteiger partial charge in [-0.1, -0.05) is 19.9 Å². The first-order valence-corrected chi connectivity index (χ1v) is 8.77. The van der Waals surface area contributed by atoms with Crippen molar-refractivity contribution >= 4 is 11.8 Å². The average molecular weight is 375 g/mol. The Labute approximate surface area is 157 Å². The number of hydrogen-bond acceptors (Lipinski definition) is 5. The summed E-state index contributed by atoms with van der Waals surface area (Å²) in [5, 5.41) is 8.89. The van der Waals surface area contributed by atoms with E-state index in [1.165, 1.54) is 18.2 Å². The molecule has 0 radical (unpaired) electrons. The van der Waals surface area contributed by atoms with Crippen molar-refractivity contribution in [2.24, 2.45) is 5.92 Å². The zero-order valence-electron chi connectivity index (χ0n) is 15.3. The smallest absolute Gasteiger partial charge is 0.493 e. The molecule has 2 aromatic rings. The highest BCUT2D eigenvalue weighted by atomic mass is 19.1. The maximum Gasteiger partial charge on any atom is 0.511 e. The largest absolute Gasteiger partial charge is 0.511 e. The number of carbonyl (C=O) groups is 1. The molecule has 6 nitrogen and oxygen atoms in total. The lowest BCUT2D eigenvalue weighted by atomic mass is 10.1. The van der Waals surface area contributed by atoms with Crippen molar-refractivity contribution in [3.05, 3.63) is 47.8 Å². The number of nitrogens with zero attached hydrogens (tertiary/aromatic N) is 1. The fourth-order valence-corrected chi connectivity index (χ4v) is 2.89. The van der Waals surface area contributed by atoms with E-state index in [4.69, 9.17) is 19.3 Å². The van der Waals surface area contributed by atoms with E-state index < -0.39 is 6.16 Å². The second-order valence-corrected chi connectivity index (χ2v) is 6.70. The van der Waals surface area contributed by atoms with Gasteiger partial charge in [0.25, 0.3) is 0 Å². The van der Waals surface area contributed by atoms with Gasteiger partial charge in [0.1, 0.15) is 18.2 Å². The van der Waals surface area contributed by atoms with Crippen molar-refractivity contribution in [1.29, 1.82) is 0 Å². The monoisotopic (exact) mass is 375 g/mol. The maximum atomic E-state index is 13.8. The van der Waals surface area contributed by atoms with Crippen LogP contribution in [0.1, 0.15) is 19.4 Å². The Morgan fingerprint density at radius 1 is 1.30 bits per heavy atom. The summed E-state index contributed by atoms with van der Waals surface area (Å²) in [4.78, 5) is 12.9. The normalized spacial score (nSPS) is 13.1. The van der Waals surface area contributed by atoms with Crippen LogP contribution in [-0.2, 0) is 6.54 Å². The molecule has 0 fully saturated rings. The predicted octanol–water partition coefficient (Wildman–Crippen LogP) is 4.32. The number of benzene rings is 2. The molecule has 0 aliphatic carbocycles. The predicted molar refractivity (Wildman–Crippen MR) is 98.4 cm³/mol. The third kappa shape index (κ3) is 4.61. The van der Waals surface area contributed by atoms with Crippen molar-refractivity contribution in [3.8, 4) is 17.2 Å². The SMILES string of the molecule is CC(C)COc1ccc(F)cc1CN1CCOc2c(OC(=O)O)cccc21. The highest BCUT2D eigenvalue weighted by molar-refractivity contribution is 5.70. The Bertz CT molecular complexity index is 824. The second kappa shape index (κ2) is 8.16. The first-order chi connectivity index (χ1) is 12.9. The molecule has 1 aliphatic rings. The van der Waals surface area contributed by atoms with Crippen molar-refractivity contribution in [1.82, 2.24) is 0 Å². The molecule has 0 atom stereocenters. The van der Waals surface area contributed by atoms with E-state index >= 15 is 0 Å². The number of fused-ring (bicyclic) bond motifs is 1. The number of anilines is 1. The van der Waals surface area contributed by atoms with E-state index in [2.05, 4.69) is 0 Å². The summed E-state index contributed by atoms with van der Waals surface area (Å²) in [6.45, 7) is 5.97. The minimum atomic E-state index is -1.40. The van der Waals surface area contributed by atoms with Gasteiger partial charge >= 0.3 is 6.16 Å². The minimum absolute atomic E-state index is 0.139. The van der Waals surface area contributed by atoms with Crippen molar-refractivity contribution < 1.29 is 28.5 Å². The third-order valence-corrected chi connectivity index (χ3v) is 4.06. The van der Waals surface area contributed by atoms with E-state index in [0.29, 0.717) is 55.0 Å². The molecule has 27 heavy (non-hydrogen) atoms. The Hall–Kier alpha value is -2.96. The highest BCUT2D eigenvalue weighted by Gasteiger charge is 2.24. The zero-order valence-corrected chi connectivity index (χ0v) is 15.3. The van der Waals surface area contributed by atoms with Gasteiger partial charge in [-0.25, -0.2) is 9.18 Å². The number of hydrogen-bond donors (Lipinski definition) is 1. The first-order valence-electron chi connectivity index (χ1n) is 8.77. The third-order valence-electron chi connectivity index (χ3n) is 4.06. The Balaban J connectivity index is 1.88.